The zero-order valence-electron chi connectivity index (χ0n) is 11.3. The molecule has 1 aliphatic rings. The van der Waals surface area contributed by atoms with Crippen molar-refractivity contribution < 1.29 is 4.74 Å². The molecule has 0 aromatic heterocycles. The molecule has 3 unspecified atom stereocenters. The number of nitrogens with two attached hydrogens (primary N) is 1. The molecule has 0 bridgehead atoms. The van der Waals surface area contributed by atoms with Gasteiger partial charge in [-0.25, -0.2) is 0 Å². The molecule has 1 saturated carbocycles. The Bertz CT molecular complexity index is 338. The summed E-state index contributed by atoms with van der Waals surface area (Å²) in [5.74, 6) is 0.845. The Morgan fingerprint density at radius 3 is 2.72 bits per heavy atom. The number of rotatable bonds is 5. The Kier molecular flexibility index (Phi) is 5.21. The van der Waals surface area contributed by atoms with Crippen molar-refractivity contribution in [3.05, 3.63) is 35.9 Å². The van der Waals surface area contributed by atoms with Gasteiger partial charge < -0.3 is 10.5 Å². The highest BCUT2D eigenvalue weighted by atomic mass is 16.5. The summed E-state index contributed by atoms with van der Waals surface area (Å²) in [6.45, 7) is 2.85. The van der Waals surface area contributed by atoms with Gasteiger partial charge in [0.2, 0.25) is 0 Å². The molecular weight excluding hydrogens is 222 g/mol. The summed E-state index contributed by atoms with van der Waals surface area (Å²) in [5.41, 5.74) is 7.07. The first-order valence-corrected chi connectivity index (χ1v) is 7.24. The molecule has 0 spiro atoms. The second kappa shape index (κ2) is 6.91. The highest BCUT2D eigenvalue weighted by molar-refractivity contribution is 5.17. The van der Waals surface area contributed by atoms with Crippen molar-refractivity contribution in [1.29, 1.82) is 0 Å². The first-order valence-electron chi connectivity index (χ1n) is 7.24. The van der Waals surface area contributed by atoms with E-state index >= 15 is 0 Å². The second-order valence-corrected chi connectivity index (χ2v) is 5.33. The molecule has 18 heavy (non-hydrogen) atoms. The molecule has 2 nitrogen and oxygen atoms in total. The van der Waals surface area contributed by atoms with Gasteiger partial charge in [-0.3, -0.25) is 0 Å². The molecule has 0 saturated heterocycles. The smallest absolute Gasteiger partial charge is 0.0950 e. The summed E-state index contributed by atoms with van der Waals surface area (Å²) < 4.78 is 6.23. The van der Waals surface area contributed by atoms with E-state index in [1.807, 2.05) is 6.07 Å². The van der Waals surface area contributed by atoms with Crippen molar-refractivity contribution in [2.24, 2.45) is 11.7 Å². The molecule has 0 heterocycles. The fourth-order valence-corrected chi connectivity index (χ4v) is 2.91. The lowest BCUT2D eigenvalue weighted by atomic mass is 9.85. The van der Waals surface area contributed by atoms with Gasteiger partial charge >= 0.3 is 0 Å². The van der Waals surface area contributed by atoms with Crippen molar-refractivity contribution in [3.63, 3.8) is 0 Å². The van der Waals surface area contributed by atoms with Gasteiger partial charge in [-0.1, -0.05) is 56.5 Å². The van der Waals surface area contributed by atoms with Gasteiger partial charge in [-0.2, -0.15) is 0 Å². The highest BCUT2D eigenvalue weighted by Crippen LogP contribution is 2.31. The largest absolute Gasteiger partial charge is 0.369 e. The van der Waals surface area contributed by atoms with Crippen molar-refractivity contribution in [2.45, 2.75) is 51.2 Å². The molecule has 3 atom stereocenters. The molecule has 1 fully saturated rings. The van der Waals surface area contributed by atoms with Gasteiger partial charge in [0.15, 0.2) is 0 Å². The fraction of sp³-hybridized carbons (Fsp3) is 0.625. The SMILES string of the molecule is CCC1CCCC(OC(CN)c2ccccc2)C1. The fourth-order valence-electron chi connectivity index (χ4n) is 2.91. The molecule has 0 aliphatic heterocycles. The summed E-state index contributed by atoms with van der Waals surface area (Å²) in [6, 6.07) is 10.4. The third-order valence-corrected chi connectivity index (χ3v) is 4.05. The van der Waals surface area contributed by atoms with Gasteiger partial charge in [0.1, 0.15) is 0 Å². The van der Waals surface area contributed by atoms with Gasteiger partial charge in [0, 0.05) is 6.54 Å². The topological polar surface area (TPSA) is 35.2 Å². The van der Waals surface area contributed by atoms with E-state index in [1.54, 1.807) is 0 Å². The zero-order chi connectivity index (χ0) is 12.8. The lowest BCUT2D eigenvalue weighted by Crippen LogP contribution is -2.27. The van der Waals surface area contributed by atoms with E-state index in [4.69, 9.17) is 10.5 Å². The van der Waals surface area contributed by atoms with Crippen LogP contribution in [0.4, 0.5) is 0 Å². The Morgan fingerprint density at radius 1 is 1.28 bits per heavy atom. The Morgan fingerprint density at radius 2 is 2.06 bits per heavy atom. The summed E-state index contributed by atoms with van der Waals surface area (Å²) in [7, 11) is 0. The third kappa shape index (κ3) is 3.56. The molecule has 2 N–H and O–H groups in total. The highest BCUT2D eigenvalue weighted by Gasteiger charge is 2.24. The first kappa shape index (κ1) is 13.6. The van der Waals surface area contributed by atoms with Crippen LogP contribution >= 0.6 is 0 Å². The van der Waals surface area contributed by atoms with E-state index in [9.17, 15) is 0 Å². The van der Waals surface area contributed by atoms with E-state index in [2.05, 4.69) is 31.2 Å². The normalized spacial score (nSPS) is 25.9. The second-order valence-electron chi connectivity index (χ2n) is 5.33. The summed E-state index contributed by atoms with van der Waals surface area (Å²) >= 11 is 0. The van der Waals surface area contributed by atoms with Crippen molar-refractivity contribution >= 4 is 0 Å². The monoisotopic (exact) mass is 247 g/mol. The van der Waals surface area contributed by atoms with Crippen LogP contribution in [-0.2, 0) is 4.74 Å². The summed E-state index contributed by atoms with van der Waals surface area (Å²) in [5, 5.41) is 0. The molecule has 0 amide bonds. The lowest BCUT2D eigenvalue weighted by molar-refractivity contribution is -0.0381. The average Bonchev–Trinajstić information content (AvgIpc) is 2.46. The van der Waals surface area contributed by atoms with E-state index in [1.165, 1.54) is 37.7 Å². The number of ether oxygens (including phenoxy) is 1. The van der Waals surface area contributed by atoms with Crippen LogP contribution < -0.4 is 5.73 Å². The molecule has 100 valence electrons. The van der Waals surface area contributed by atoms with E-state index < -0.39 is 0 Å². The molecule has 0 radical (unpaired) electrons. The van der Waals surface area contributed by atoms with Crippen LogP contribution in [0.3, 0.4) is 0 Å². The van der Waals surface area contributed by atoms with E-state index in [0.29, 0.717) is 12.6 Å². The van der Waals surface area contributed by atoms with Crippen molar-refractivity contribution in [1.82, 2.24) is 0 Å². The van der Waals surface area contributed by atoms with Gasteiger partial charge in [0.05, 0.1) is 12.2 Å². The van der Waals surface area contributed by atoms with Crippen LogP contribution in [0.5, 0.6) is 0 Å². The lowest BCUT2D eigenvalue weighted by Gasteiger charge is -2.31. The Hall–Kier alpha value is -0.860. The van der Waals surface area contributed by atoms with Crippen LogP contribution in [0.2, 0.25) is 0 Å². The van der Waals surface area contributed by atoms with Crippen molar-refractivity contribution in [3.8, 4) is 0 Å². The van der Waals surface area contributed by atoms with Crippen LogP contribution in [0.25, 0.3) is 0 Å². The molecule has 1 aromatic rings. The van der Waals surface area contributed by atoms with Gasteiger partial charge in [-0.05, 0) is 24.3 Å². The quantitative estimate of drug-likeness (QED) is 0.861. The molecule has 2 rings (SSSR count). The minimum Gasteiger partial charge on any atom is -0.369 e. The van der Waals surface area contributed by atoms with Crippen LogP contribution in [0.1, 0.15) is 50.7 Å². The van der Waals surface area contributed by atoms with Gasteiger partial charge in [0.25, 0.3) is 0 Å². The summed E-state index contributed by atoms with van der Waals surface area (Å²) in [4.78, 5) is 0. The summed E-state index contributed by atoms with van der Waals surface area (Å²) in [6.07, 6.45) is 6.81. The maximum absolute atomic E-state index is 6.23. The predicted molar refractivity (Wildman–Crippen MR) is 75.4 cm³/mol. The molecular formula is C16H25NO. The predicted octanol–water partition coefficient (Wildman–Crippen LogP) is 3.67. The third-order valence-electron chi connectivity index (χ3n) is 4.05. The minimum atomic E-state index is 0.0619. The van der Waals surface area contributed by atoms with Crippen LogP contribution in [-0.4, -0.2) is 12.6 Å². The molecule has 1 aliphatic carbocycles. The maximum Gasteiger partial charge on any atom is 0.0950 e. The van der Waals surface area contributed by atoms with Crippen molar-refractivity contribution in [2.75, 3.05) is 6.54 Å². The number of hydrogen-bond acceptors (Lipinski definition) is 2. The minimum absolute atomic E-state index is 0.0619. The Labute approximate surface area is 111 Å². The number of hydrogen-bond donors (Lipinski definition) is 1. The van der Waals surface area contributed by atoms with Crippen LogP contribution in [0.15, 0.2) is 30.3 Å². The standard InChI is InChI=1S/C16H25NO/c1-2-13-7-6-10-15(11-13)18-16(12-17)14-8-4-3-5-9-14/h3-5,8-9,13,15-16H,2,6-7,10-12,17H2,1H3. The Balaban J connectivity index is 1.94. The molecule has 2 heteroatoms. The zero-order valence-corrected chi connectivity index (χ0v) is 11.3. The maximum atomic E-state index is 6.23. The first-order chi connectivity index (χ1) is 8.83. The van der Waals surface area contributed by atoms with Crippen LogP contribution in [0, 0.1) is 5.92 Å². The van der Waals surface area contributed by atoms with E-state index in [0.717, 1.165) is 5.92 Å². The molecule has 1 aromatic carbocycles. The number of benzene rings is 1. The average molecular weight is 247 g/mol. The van der Waals surface area contributed by atoms with Gasteiger partial charge in [-0.15, -0.1) is 0 Å². The van der Waals surface area contributed by atoms with E-state index in [-0.39, 0.29) is 6.10 Å².